The summed E-state index contributed by atoms with van der Waals surface area (Å²) in [6.45, 7) is 2.76. The molecule has 0 heterocycles. The second-order valence-corrected chi connectivity index (χ2v) is 5.45. The van der Waals surface area contributed by atoms with Crippen LogP contribution in [0.1, 0.15) is 30.4 Å². The normalized spacial score (nSPS) is 21.8. The molecule has 3 nitrogen and oxygen atoms in total. The molecule has 0 bridgehead atoms. The van der Waals surface area contributed by atoms with E-state index in [1.165, 1.54) is 11.1 Å². The van der Waals surface area contributed by atoms with Gasteiger partial charge in [0.25, 0.3) is 0 Å². The van der Waals surface area contributed by atoms with Crippen LogP contribution in [0.15, 0.2) is 24.3 Å². The number of rotatable bonds is 3. The highest BCUT2D eigenvalue weighted by molar-refractivity contribution is 5.85. The van der Waals surface area contributed by atoms with Crippen LogP contribution in [-0.4, -0.2) is 23.9 Å². The van der Waals surface area contributed by atoms with Gasteiger partial charge in [0, 0.05) is 25.6 Å². The molecule has 4 heteroatoms. The van der Waals surface area contributed by atoms with E-state index in [1.807, 2.05) is 18.0 Å². The molecule has 2 unspecified atom stereocenters. The van der Waals surface area contributed by atoms with E-state index in [-0.39, 0.29) is 30.3 Å². The van der Waals surface area contributed by atoms with Crippen molar-refractivity contribution < 1.29 is 4.79 Å². The third-order valence-corrected chi connectivity index (χ3v) is 3.70. The van der Waals surface area contributed by atoms with Gasteiger partial charge in [-0.2, -0.15) is 0 Å². The van der Waals surface area contributed by atoms with Gasteiger partial charge in [0.1, 0.15) is 0 Å². The fraction of sp³-hybridized carbons (Fsp3) is 0.533. The zero-order chi connectivity index (χ0) is 13.1. The molecule has 0 aromatic heterocycles. The summed E-state index contributed by atoms with van der Waals surface area (Å²) >= 11 is 0. The van der Waals surface area contributed by atoms with Gasteiger partial charge in [-0.05, 0) is 31.7 Å². The minimum atomic E-state index is 0. The van der Waals surface area contributed by atoms with E-state index < -0.39 is 0 Å². The first kappa shape index (κ1) is 16.0. The summed E-state index contributed by atoms with van der Waals surface area (Å²) in [5.41, 5.74) is 8.29. The Bertz CT molecular complexity index is 436. The lowest BCUT2D eigenvalue weighted by molar-refractivity contribution is -0.134. The van der Waals surface area contributed by atoms with Crippen molar-refractivity contribution in [2.24, 2.45) is 11.7 Å². The second kappa shape index (κ2) is 6.92. The highest BCUT2D eigenvalue weighted by atomic mass is 35.5. The van der Waals surface area contributed by atoms with Gasteiger partial charge in [0.05, 0.1) is 0 Å². The van der Waals surface area contributed by atoms with Crippen molar-refractivity contribution in [2.75, 3.05) is 7.05 Å². The van der Waals surface area contributed by atoms with Crippen molar-refractivity contribution >= 4 is 18.3 Å². The van der Waals surface area contributed by atoms with Gasteiger partial charge < -0.3 is 10.6 Å². The van der Waals surface area contributed by atoms with Crippen LogP contribution in [0.25, 0.3) is 0 Å². The van der Waals surface area contributed by atoms with E-state index in [2.05, 4.69) is 25.1 Å². The SMILES string of the molecule is Cc1cccc(CN(C)C(=O)C2CCC(N)C2)c1.Cl. The zero-order valence-corrected chi connectivity index (χ0v) is 12.5. The van der Waals surface area contributed by atoms with Gasteiger partial charge in [0.2, 0.25) is 5.91 Å². The van der Waals surface area contributed by atoms with Gasteiger partial charge in [-0.3, -0.25) is 4.79 Å². The molecule has 0 spiro atoms. The molecular weight excluding hydrogens is 260 g/mol. The maximum Gasteiger partial charge on any atom is 0.225 e. The number of carbonyl (C=O) groups excluding carboxylic acids is 1. The van der Waals surface area contributed by atoms with Crippen molar-refractivity contribution in [3.63, 3.8) is 0 Å². The van der Waals surface area contributed by atoms with Crippen molar-refractivity contribution in [3.8, 4) is 0 Å². The van der Waals surface area contributed by atoms with Gasteiger partial charge in [-0.1, -0.05) is 29.8 Å². The third-order valence-electron chi connectivity index (χ3n) is 3.70. The Morgan fingerprint density at radius 3 is 2.74 bits per heavy atom. The molecule has 1 saturated carbocycles. The number of halogens is 1. The Morgan fingerprint density at radius 1 is 1.42 bits per heavy atom. The number of benzene rings is 1. The average molecular weight is 283 g/mol. The lowest BCUT2D eigenvalue weighted by Crippen LogP contribution is -2.32. The maximum absolute atomic E-state index is 12.3. The lowest BCUT2D eigenvalue weighted by atomic mass is 10.1. The molecule has 1 aromatic carbocycles. The Balaban J connectivity index is 0.00000180. The first-order valence-electron chi connectivity index (χ1n) is 6.62. The third kappa shape index (κ3) is 4.22. The van der Waals surface area contributed by atoms with Crippen LogP contribution >= 0.6 is 12.4 Å². The molecule has 106 valence electrons. The average Bonchev–Trinajstić information content (AvgIpc) is 2.75. The van der Waals surface area contributed by atoms with Gasteiger partial charge in [-0.25, -0.2) is 0 Å². The summed E-state index contributed by atoms with van der Waals surface area (Å²) in [5, 5.41) is 0. The summed E-state index contributed by atoms with van der Waals surface area (Å²) in [6, 6.07) is 8.52. The van der Waals surface area contributed by atoms with Crippen molar-refractivity contribution in [3.05, 3.63) is 35.4 Å². The van der Waals surface area contributed by atoms with E-state index in [9.17, 15) is 4.79 Å². The molecule has 1 aromatic rings. The number of aryl methyl sites for hydroxylation is 1. The molecule has 1 aliphatic rings. The van der Waals surface area contributed by atoms with Crippen molar-refractivity contribution in [1.82, 2.24) is 4.90 Å². The fourth-order valence-corrected chi connectivity index (χ4v) is 2.71. The summed E-state index contributed by atoms with van der Waals surface area (Å²) in [5.74, 6) is 0.374. The molecule has 2 N–H and O–H groups in total. The van der Waals surface area contributed by atoms with Gasteiger partial charge in [-0.15, -0.1) is 12.4 Å². The second-order valence-electron chi connectivity index (χ2n) is 5.45. The predicted octanol–water partition coefficient (Wildman–Crippen LogP) is 2.50. The van der Waals surface area contributed by atoms with E-state index >= 15 is 0 Å². The lowest BCUT2D eigenvalue weighted by Gasteiger charge is -2.21. The van der Waals surface area contributed by atoms with Crippen LogP contribution in [0.2, 0.25) is 0 Å². The number of carbonyl (C=O) groups is 1. The maximum atomic E-state index is 12.3. The quantitative estimate of drug-likeness (QED) is 0.926. The van der Waals surface area contributed by atoms with Crippen LogP contribution < -0.4 is 5.73 Å². The molecule has 1 amide bonds. The topological polar surface area (TPSA) is 46.3 Å². The molecular formula is C15H23ClN2O. The largest absolute Gasteiger partial charge is 0.341 e. The van der Waals surface area contributed by atoms with Crippen molar-refractivity contribution in [1.29, 1.82) is 0 Å². The molecule has 2 atom stereocenters. The first-order valence-corrected chi connectivity index (χ1v) is 6.62. The van der Waals surface area contributed by atoms with Crippen LogP contribution in [0.3, 0.4) is 0 Å². The van der Waals surface area contributed by atoms with Gasteiger partial charge >= 0.3 is 0 Å². The van der Waals surface area contributed by atoms with Crippen LogP contribution in [-0.2, 0) is 11.3 Å². The highest BCUT2D eigenvalue weighted by Gasteiger charge is 2.29. The summed E-state index contributed by atoms with van der Waals surface area (Å²) in [4.78, 5) is 14.1. The summed E-state index contributed by atoms with van der Waals surface area (Å²) in [6.07, 6.45) is 2.77. The molecule has 2 rings (SSSR count). The number of nitrogens with zero attached hydrogens (tertiary/aromatic N) is 1. The monoisotopic (exact) mass is 282 g/mol. The van der Waals surface area contributed by atoms with Crippen LogP contribution in [0, 0.1) is 12.8 Å². The fourth-order valence-electron chi connectivity index (χ4n) is 2.71. The minimum Gasteiger partial charge on any atom is -0.341 e. The van der Waals surface area contributed by atoms with Crippen molar-refractivity contribution in [2.45, 2.75) is 38.8 Å². The van der Waals surface area contributed by atoms with Crippen LogP contribution in [0.5, 0.6) is 0 Å². The Kier molecular flexibility index (Phi) is 5.83. The number of amides is 1. The summed E-state index contributed by atoms with van der Waals surface area (Å²) in [7, 11) is 1.88. The zero-order valence-electron chi connectivity index (χ0n) is 11.6. The van der Waals surface area contributed by atoms with E-state index in [0.717, 1.165) is 19.3 Å². The van der Waals surface area contributed by atoms with E-state index in [4.69, 9.17) is 5.73 Å². The number of hydrogen-bond donors (Lipinski definition) is 1. The minimum absolute atomic E-state index is 0. The smallest absolute Gasteiger partial charge is 0.225 e. The predicted molar refractivity (Wildman–Crippen MR) is 80.2 cm³/mol. The Hall–Kier alpha value is -1.06. The van der Waals surface area contributed by atoms with Gasteiger partial charge in [0.15, 0.2) is 0 Å². The number of hydrogen-bond acceptors (Lipinski definition) is 2. The van der Waals surface area contributed by atoms with Crippen LogP contribution in [0.4, 0.5) is 0 Å². The molecule has 19 heavy (non-hydrogen) atoms. The molecule has 0 saturated heterocycles. The van der Waals surface area contributed by atoms with E-state index in [0.29, 0.717) is 6.54 Å². The summed E-state index contributed by atoms with van der Waals surface area (Å²) < 4.78 is 0. The standard InChI is InChI=1S/C15H22N2O.ClH/c1-11-4-3-5-12(8-11)10-17(2)15(18)13-6-7-14(16)9-13;/h3-5,8,13-14H,6-7,9-10,16H2,1-2H3;1H. The molecule has 1 aliphatic carbocycles. The number of nitrogens with two attached hydrogens (primary N) is 1. The molecule has 0 aliphatic heterocycles. The Labute approximate surface area is 121 Å². The first-order chi connectivity index (χ1) is 8.56. The molecule has 1 fully saturated rings. The highest BCUT2D eigenvalue weighted by Crippen LogP contribution is 2.26. The van der Waals surface area contributed by atoms with E-state index in [1.54, 1.807) is 0 Å². The Morgan fingerprint density at radius 2 is 2.16 bits per heavy atom. The molecule has 0 radical (unpaired) electrons.